The van der Waals surface area contributed by atoms with Gasteiger partial charge in [-0.1, -0.05) is 52.0 Å². The molecule has 0 heterocycles. The van der Waals surface area contributed by atoms with Gasteiger partial charge < -0.3 is 4.74 Å². The summed E-state index contributed by atoms with van der Waals surface area (Å²) in [5, 5.41) is 0. The molecular formula is C22H32F4O. The van der Waals surface area contributed by atoms with Crippen molar-refractivity contribution in [1.29, 1.82) is 0 Å². The molecular weight excluding hydrogens is 356 g/mol. The van der Waals surface area contributed by atoms with Gasteiger partial charge in [0.05, 0.1) is 5.92 Å². The van der Waals surface area contributed by atoms with Gasteiger partial charge in [0.15, 0.2) is 11.6 Å². The number of aryl methyl sites for hydroxylation is 1. The van der Waals surface area contributed by atoms with Crippen LogP contribution in [0.2, 0.25) is 0 Å². The molecule has 1 fully saturated rings. The van der Waals surface area contributed by atoms with E-state index in [0.29, 0.717) is 18.8 Å². The number of ether oxygens (including phenoxy) is 1. The second kappa shape index (κ2) is 9.79. The van der Waals surface area contributed by atoms with Gasteiger partial charge in [0.25, 0.3) is 0 Å². The maximum absolute atomic E-state index is 14.5. The first kappa shape index (κ1) is 22.0. The summed E-state index contributed by atoms with van der Waals surface area (Å²) in [4.78, 5) is 0. The highest BCUT2D eigenvalue weighted by molar-refractivity contribution is 5.30. The summed E-state index contributed by atoms with van der Waals surface area (Å²) in [5.41, 5.74) is 0.0666. The lowest BCUT2D eigenvalue weighted by Gasteiger charge is -2.33. The monoisotopic (exact) mass is 388 g/mol. The highest BCUT2D eigenvalue weighted by atomic mass is 19.3. The third-order valence-corrected chi connectivity index (χ3v) is 5.90. The van der Waals surface area contributed by atoms with Crippen molar-refractivity contribution in [2.24, 2.45) is 17.8 Å². The maximum Gasteiger partial charge on any atom is 0.400 e. The van der Waals surface area contributed by atoms with Gasteiger partial charge in [-0.2, -0.15) is 13.2 Å². The number of rotatable bonds is 9. The fourth-order valence-electron chi connectivity index (χ4n) is 4.12. The van der Waals surface area contributed by atoms with Crippen molar-refractivity contribution >= 4 is 0 Å². The van der Waals surface area contributed by atoms with Crippen LogP contribution in [0.5, 0.6) is 5.75 Å². The molecule has 1 aromatic rings. The van der Waals surface area contributed by atoms with Crippen molar-refractivity contribution in [1.82, 2.24) is 0 Å². The molecule has 0 N–H and O–H groups in total. The molecule has 1 aromatic carbocycles. The van der Waals surface area contributed by atoms with E-state index in [9.17, 15) is 17.6 Å². The van der Waals surface area contributed by atoms with Crippen molar-refractivity contribution in [3.63, 3.8) is 0 Å². The van der Waals surface area contributed by atoms with Gasteiger partial charge in [0.1, 0.15) is 0 Å². The second-order valence-electron chi connectivity index (χ2n) is 8.21. The summed E-state index contributed by atoms with van der Waals surface area (Å²) in [5.74, 6) is -2.92. The van der Waals surface area contributed by atoms with E-state index in [0.717, 1.165) is 37.7 Å². The van der Waals surface area contributed by atoms with Gasteiger partial charge in [-0.25, -0.2) is 4.39 Å². The van der Waals surface area contributed by atoms with E-state index in [1.54, 1.807) is 0 Å². The van der Waals surface area contributed by atoms with E-state index in [1.165, 1.54) is 32.3 Å². The zero-order chi connectivity index (χ0) is 20.0. The lowest BCUT2D eigenvalue weighted by Crippen LogP contribution is -2.37. The second-order valence-corrected chi connectivity index (χ2v) is 8.21. The molecule has 0 aromatic heterocycles. The SMILES string of the molecule is CCCC(C)CCCC1CCC(C(F)(F)Oc2ccc(C)c(F)c2F)CC1. The third kappa shape index (κ3) is 6.11. The highest BCUT2D eigenvalue weighted by Gasteiger charge is 2.44. The van der Waals surface area contributed by atoms with E-state index in [-0.39, 0.29) is 5.56 Å². The molecule has 1 unspecified atom stereocenters. The molecule has 1 saturated carbocycles. The van der Waals surface area contributed by atoms with E-state index >= 15 is 0 Å². The molecule has 1 atom stereocenters. The Morgan fingerprint density at radius 1 is 1.07 bits per heavy atom. The Morgan fingerprint density at radius 2 is 1.74 bits per heavy atom. The van der Waals surface area contributed by atoms with Crippen LogP contribution in [-0.2, 0) is 0 Å². The van der Waals surface area contributed by atoms with Crippen LogP contribution in [0.4, 0.5) is 17.6 Å². The van der Waals surface area contributed by atoms with E-state index in [2.05, 4.69) is 18.6 Å². The first-order valence-corrected chi connectivity index (χ1v) is 10.3. The molecule has 5 heteroatoms. The third-order valence-electron chi connectivity index (χ3n) is 5.90. The first-order chi connectivity index (χ1) is 12.7. The average Bonchev–Trinajstić information content (AvgIpc) is 2.63. The van der Waals surface area contributed by atoms with E-state index in [1.807, 2.05) is 0 Å². The van der Waals surface area contributed by atoms with Crippen LogP contribution in [0, 0.1) is 36.3 Å². The fraction of sp³-hybridized carbons (Fsp3) is 0.727. The van der Waals surface area contributed by atoms with E-state index in [4.69, 9.17) is 0 Å². The fourth-order valence-corrected chi connectivity index (χ4v) is 4.12. The summed E-state index contributed by atoms with van der Waals surface area (Å²) in [6.07, 6.45) is 4.61. The Labute approximate surface area is 160 Å². The minimum absolute atomic E-state index is 0.0666. The van der Waals surface area contributed by atoms with Gasteiger partial charge in [-0.05, 0) is 56.1 Å². The lowest BCUT2D eigenvalue weighted by molar-refractivity contribution is -0.224. The molecule has 1 aliphatic carbocycles. The summed E-state index contributed by atoms with van der Waals surface area (Å²) in [6.45, 7) is 5.84. The van der Waals surface area contributed by atoms with Crippen molar-refractivity contribution in [2.45, 2.75) is 84.7 Å². The lowest BCUT2D eigenvalue weighted by atomic mass is 9.79. The predicted octanol–water partition coefficient (Wildman–Crippen LogP) is 7.66. The Bertz CT molecular complexity index is 594. The molecule has 154 valence electrons. The van der Waals surface area contributed by atoms with Crippen LogP contribution in [-0.4, -0.2) is 6.11 Å². The van der Waals surface area contributed by atoms with Crippen molar-refractivity contribution in [2.75, 3.05) is 0 Å². The Balaban J connectivity index is 1.83. The van der Waals surface area contributed by atoms with Crippen molar-refractivity contribution < 1.29 is 22.3 Å². The van der Waals surface area contributed by atoms with Gasteiger partial charge in [-0.15, -0.1) is 0 Å². The minimum atomic E-state index is -3.48. The summed E-state index contributed by atoms with van der Waals surface area (Å²) >= 11 is 0. The molecule has 0 saturated heterocycles. The van der Waals surface area contributed by atoms with Crippen LogP contribution in [0.25, 0.3) is 0 Å². The maximum atomic E-state index is 14.5. The van der Waals surface area contributed by atoms with Crippen LogP contribution >= 0.6 is 0 Å². The van der Waals surface area contributed by atoms with Gasteiger partial charge >= 0.3 is 6.11 Å². The van der Waals surface area contributed by atoms with Crippen molar-refractivity contribution in [3.8, 4) is 5.75 Å². The average molecular weight is 388 g/mol. The number of benzene rings is 1. The van der Waals surface area contributed by atoms with Gasteiger partial charge in [0, 0.05) is 0 Å². The van der Waals surface area contributed by atoms with Crippen LogP contribution in [0.3, 0.4) is 0 Å². The standard InChI is InChI=1S/C22H32F4O/c1-4-6-15(2)7-5-8-17-10-12-18(13-11-17)22(25,26)27-19-14-9-16(3)20(23)21(19)24/h9,14-15,17-18H,4-8,10-13H2,1-3H3. The van der Waals surface area contributed by atoms with Crippen LogP contribution < -0.4 is 4.74 Å². The predicted molar refractivity (Wildman–Crippen MR) is 100 cm³/mol. The van der Waals surface area contributed by atoms with Crippen LogP contribution in [0.1, 0.15) is 77.2 Å². The molecule has 0 bridgehead atoms. The Hall–Kier alpha value is -1.26. The highest BCUT2D eigenvalue weighted by Crippen LogP contribution is 2.42. The topological polar surface area (TPSA) is 9.23 Å². The smallest absolute Gasteiger partial charge is 0.400 e. The van der Waals surface area contributed by atoms with Gasteiger partial charge in [0.2, 0.25) is 5.82 Å². The largest absolute Gasteiger partial charge is 0.429 e. The number of hydrogen-bond donors (Lipinski definition) is 0. The van der Waals surface area contributed by atoms with Crippen molar-refractivity contribution in [3.05, 3.63) is 29.3 Å². The summed E-state index contributed by atoms with van der Waals surface area (Å²) in [6, 6.07) is 2.32. The Morgan fingerprint density at radius 3 is 2.37 bits per heavy atom. The van der Waals surface area contributed by atoms with Crippen LogP contribution in [0.15, 0.2) is 12.1 Å². The molecule has 27 heavy (non-hydrogen) atoms. The molecule has 1 nitrogen and oxygen atoms in total. The molecule has 1 aliphatic rings. The molecule has 2 rings (SSSR count). The molecule has 0 aliphatic heterocycles. The number of halogens is 4. The molecule has 0 spiro atoms. The number of alkyl halides is 2. The van der Waals surface area contributed by atoms with E-state index < -0.39 is 29.4 Å². The molecule has 0 amide bonds. The minimum Gasteiger partial charge on any atom is -0.429 e. The zero-order valence-corrected chi connectivity index (χ0v) is 16.7. The number of hydrogen-bond acceptors (Lipinski definition) is 1. The summed E-state index contributed by atoms with van der Waals surface area (Å²) in [7, 11) is 0. The molecule has 0 radical (unpaired) electrons. The normalized spacial score (nSPS) is 21.9. The zero-order valence-electron chi connectivity index (χ0n) is 16.7. The van der Waals surface area contributed by atoms with Gasteiger partial charge in [-0.3, -0.25) is 0 Å². The first-order valence-electron chi connectivity index (χ1n) is 10.3. The Kier molecular flexibility index (Phi) is 7.99. The quantitative estimate of drug-likeness (QED) is 0.395. The summed E-state index contributed by atoms with van der Waals surface area (Å²) < 4.78 is 61.0.